The van der Waals surface area contributed by atoms with Crippen molar-refractivity contribution < 1.29 is 4.74 Å². The van der Waals surface area contributed by atoms with E-state index in [1.54, 1.807) is 6.21 Å². The zero-order valence-electron chi connectivity index (χ0n) is 13.8. The monoisotopic (exact) mass is 334 g/mol. The molecule has 1 aromatic heterocycles. The average Bonchev–Trinajstić information content (AvgIpc) is 2.64. The minimum atomic E-state index is -0.243. The number of nitrogens with one attached hydrogen (secondary N) is 2. The highest BCUT2D eigenvalue weighted by Gasteiger charge is 2.02. The summed E-state index contributed by atoms with van der Waals surface area (Å²) in [7, 11) is 0. The van der Waals surface area contributed by atoms with Crippen LogP contribution in [0.2, 0.25) is 0 Å². The van der Waals surface area contributed by atoms with Crippen molar-refractivity contribution in [3.8, 4) is 17.0 Å². The quantitative estimate of drug-likeness (QED) is 0.535. The molecule has 0 amide bonds. The molecule has 0 aliphatic heterocycles. The zero-order chi connectivity index (χ0) is 17.5. The van der Waals surface area contributed by atoms with Crippen molar-refractivity contribution in [1.82, 2.24) is 9.97 Å². The smallest absolute Gasteiger partial charge is 0.252 e. The fraction of sp³-hybridized carbons (Fsp3) is 0.105. The van der Waals surface area contributed by atoms with E-state index in [1.807, 2.05) is 61.5 Å². The van der Waals surface area contributed by atoms with Gasteiger partial charge in [-0.2, -0.15) is 5.10 Å². The maximum absolute atomic E-state index is 11.8. The summed E-state index contributed by atoms with van der Waals surface area (Å²) in [6, 6.07) is 18.5. The molecule has 0 aliphatic carbocycles. The van der Waals surface area contributed by atoms with Crippen LogP contribution in [0, 0.1) is 0 Å². The first-order valence-electron chi connectivity index (χ1n) is 7.93. The van der Waals surface area contributed by atoms with Gasteiger partial charge in [0.2, 0.25) is 5.95 Å². The van der Waals surface area contributed by atoms with Crippen LogP contribution in [-0.4, -0.2) is 22.8 Å². The molecule has 126 valence electrons. The summed E-state index contributed by atoms with van der Waals surface area (Å²) in [5.74, 6) is 1.10. The van der Waals surface area contributed by atoms with E-state index >= 15 is 0 Å². The van der Waals surface area contributed by atoms with Gasteiger partial charge >= 0.3 is 0 Å². The third kappa shape index (κ3) is 4.54. The molecule has 0 unspecified atom stereocenters. The summed E-state index contributed by atoms with van der Waals surface area (Å²) in [5.41, 5.74) is 4.87. The van der Waals surface area contributed by atoms with Gasteiger partial charge in [0.15, 0.2) is 0 Å². The van der Waals surface area contributed by atoms with Crippen molar-refractivity contribution in [2.45, 2.75) is 6.92 Å². The number of benzene rings is 2. The van der Waals surface area contributed by atoms with Crippen LogP contribution >= 0.6 is 0 Å². The lowest BCUT2D eigenvalue weighted by atomic mass is 10.1. The normalized spacial score (nSPS) is 10.8. The van der Waals surface area contributed by atoms with Crippen LogP contribution in [0.15, 0.2) is 70.6 Å². The summed E-state index contributed by atoms with van der Waals surface area (Å²) in [5, 5.41) is 4.11. The lowest BCUT2D eigenvalue weighted by molar-refractivity contribution is 0.340. The SMILES string of the molecule is CCOc1ccc(/C=N/Nc2nc(-c3ccccc3)cc(=O)[nH]2)cc1. The predicted octanol–water partition coefficient (Wildman–Crippen LogP) is 3.28. The van der Waals surface area contributed by atoms with E-state index < -0.39 is 0 Å². The average molecular weight is 334 g/mol. The molecule has 0 aliphatic rings. The molecule has 3 rings (SSSR count). The van der Waals surface area contributed by atoms with Crippen molar-refractivity contribution in [3.05, 3.63) is 76.6 Å². The maximum Gasteiger partial charge on any atom is 0.252 e. The van der Waals surface area contributed by atoms with E-state index in [1.165, 1.54) is 6.07 Å². The Kier molecular flexibility index (Phi) is 5.21. The molecule has 0 spiro atoms. The Morgan fingerprint density at radius 1 is 1.16 bits per heavy atom. The van der Waals surface area contributed by atoms with Gasteiger partial charge in [0.05, 0.1) is 18.5 Å². The van der Waals surface area contributed by atoms with Gasteiger partial charge < -0.3 is 4.74 Å². The number of H-pyrrole nitrogens is 1. The second-order valence-corrected chi connectivity index (χ2v) is 5.22. The van der Waals surface area contributed by atoms with E-state index in [-0.39, 0.29) is 11.5 Å². The third-order valence-corrected chi connectivity index (χ3v) is 3.39. The van der Waals surface area contributed by atoms with E-state index in [0.717, 1.165) is 16.9 Å². The number of hydrazone groups is 1. The molecule has 1 heterocycles. The molecule has 6 heteroatoms. The Morgan fingerprint density at radius 2 is 1.92 bits per heavy atom. The van der Waals surface area contributed by atoms with Gasteiger partial charge in [0.1, 0.15) is 5.75 Å². The Labute approximate surface area is 145 Å². The second-order valence-electron chi connectivity index (χ2n) is 5.22. The summed E-state index contributed by atoms with van der Waals surface area (Å²) in [6.45, 7) is 2.57. The number of ether oxygens (including phenoxy) is 1. The molecule has 2 N–H and O–H groups in total. The van der Waals surface area contributed by atoms with E-state index in [2.05, 4.69) is 20.5 Å². The van der Waals surface area contributed by atoms with Crippen LogP contribution in [0.25, 0.3) is 11.3 Å². The molecule has 0 bridgehead atoms. The molecule has 2 aromatic carbocycles. The van der Waals surface area contributed by atoms with Crippen LogP contribution in [-0.2, 0) is 0 Å². The Hall–Kier alpha value is -3.41. The van der Waals surface area contributed by atoms with E-state index in [4.69, 9.17) is 4.74 Å². The number of hydrogen-bond acceptors (Lipinski definition) is 5. The van der Waals surface area contributed by atoms with Gasteiger partial charge in [-0.05, 0) is 36.8 Å². The van der Waals surface area contributed by atoms with Gasteiger partial charge in [0.25, 0.3) is 5.56 Å². The molecule has 25 heavy (non-hydrogen) atoms. The van der Waals surface area contributed by atoms with Gasteiger partial charge in [0, 0.05) is 11.6 Å². The second kappa shape index (κ2) is 7.92. The van der Waals surface area contributed by atoms with Crippen molar-refractivity contribution in [2.24, 2.45) is 5.10 Å². The van der Waals surface area contributed by atoms with E-state index in [9.17, 15) is 4.79 Å². The largest absolute Gasteiger partial charge is 0.494 e. The maximum atomic E-state index is 11.8. The number of hydrogen-bond donors (Lipinski definition) is 2. The van der Waals surface area contributed by atoms with Gasteiger partial charge in [-0.15, -0.1) is 0 Å². The molecule has 0 atom stereocenters. The summed E-state index contributed by atoms with van der Waals surface area (Å²) in [6.07, 6.45) is 1.64. The van der Waals surface area contributed by atoms with Crippen molar-refractivity contribution >= 4 is 12.2 Å². The molecular formula is C19H18N4O2. The summed E-state index contributed by atoms with van der Waals surface area (Å²) < 4.78 is 5.39. The first-order valence-corrected chi connectivity index (χ1v) is 7.93. The van der Waals surface area contributed by atoms with Gasteiger partial charge in [-0.3, -0.25) is 9.78 Å². The number of aromatic nitrogens is 2. The number of aromatic amines is 1. The topological polar surface area (TPSA) is 79.4 Å². The zero-order valence-corrected chi connectivity index (χ0v) is 13.8. The highest BCUT2D eigenvalue weighted by atomic mass is 16.5. The van der Waals surface area contributed by atoms with Crippen LogP contribution in [0.1, 0.15) is 12.5 Å². The van der Waals surface area contributed by atoms with Crippen LogP contribution in [0.3, 0.4) is 0 Å². The first-order chi connectivity index (χ1) is 12.2. The van der Waals surface area contributed by atoms with Crippen molar-refractivity contribution in [2.75, 3.05) is 12.0 Å². The Morgan fingerprint density at radius 3 is 2.64 bits per heavy atom. The lowest BCUT2D eigenvalue weighted by Gasteiger charge is -2.04. The molecule has 3 aromatic rings. The van der Waals surface area contributed by atoms with Crippen molar-refractivity contribution in [3.63, 3.8) is 0 Å². The summed E-state index contributed by atoms with van der Waals surface area (Å²) >= 11 is 0. The minimum absolute atomic E-state index is 0.243. The van der Waals surface area contributed by atoms with Crippen LogP contribution in [0.5, 0.6) is 5.75 Å². The predicted molar refractivity (Wildman–Crippen MR) is 99.1 cm³/mol. The number of nitrogens with zero attached hydrogens (tertiary/aromatic N) is 2. The molecule has 6 nitrogen and oxygen atoms in total. The summed E-state index contributed by atoms with van der Waals surface area (Å²) in [4.78, 5) is 18.8. The first kappa shape index (κ1) is 16.4. The fourth-order valence-electron chi connectivity index (χ4n) is 2.25. The molecule has 0 fully saturated rings. The Bertz CT molecular complexity index is 903. The van der Waals surface area contributed by atoms with Gasteiger partial charge in [-0.25, -0.2) is 10.4 Å². The highest BCUT2D eigenvalue weighted by Crippen LogP contribution is 2.15. The number of rotatable bonds is 6. The standard InChI is InChI=1S/C19H18N4O2/c1-2-25-16-10-8-14(9-11-16)13-20-23-19-21-17(12-18(24)22-19)15-6-4-3-5-7-15/h3-13H,2H2,1H3,(H2,21,22,23,24)/b20-13+. The van der Waals surface area contributed by atoms with Gasteiger partial charge in [-0.1, -0.05) is 30.3 Å². The lowest BCUT2D eigenvalue weighted by Crippen LogP contribution is -2.10. The van der Waals surface area contributed by atoms with Crippen LogP contribution in [0.4, 0.5) is 5.95 Å². The molecule has 0 saturated carbocycles. The molecular weight excluding hydrogens is 316 g/mol. The molecule has 0 saturated heterocycles. The fourth-order valence-corrected chi connectivity index (χ4v) is 2.25. The minimum Gasteiger partial charge on any atom is -0.494 e. The molecule has 0 radical (unpaired) electrons. The third-order valence-electron chi connectivity index (χ3n) is 3.39. The Balaban J connectivity index is 1.72. The van der Waals surface area contributed by atoms with E-state index in [0.29, 0.717) is 12.3 Å². The number of anilines is 1. The highest BCUT2D eigenvalue weighted by molar-refractivity contribution is 5.80. The van der Waals surface area contributed by atoms with Crippen molar-refractivity contribution in [1.29, 1.82) is 0 Å². The van der Waals surface area contributed by atoms with Crippen LogP contribution < -0.4 is 15.7 Å².